The molecule has 4 unspecified atom stereocenters. The Morgan fingerprint density at radius 2 is 1.75 bits per heavy atom. The number of hydrogen-bond acceptors (Lipinski definition) is 7. The number of carbonyl (C=O) groups excluding carboxylic acids is 3. The number of rotatable bonds is 10. The molecular formula is C17H30N4O5S2. The van der Waals surface area contributed by atoms with Crippen molar-refractivity contribution in [1.82, 2.24) is 15.5 Å². The van der Waals surface area contributed by atoms with E-state index in [2.05, 4.69) is 35.9 Å². The van der Waals surface area contributed by atoms with Crippen molar-refractivity contribution in [3.63, 3.8) is 0 Å². The SMILES string of the molecule is CC(C)CC(N)C(=O)N1CCCC1C(=O)NC(CS)C(=O)NC(CS)C(=O)O. The molecule has 1 heterocycles. The highest BCUT2D eigenvalue weighted by molar-refractivity contribution is 7.80. The van der Waals surface area contributed by atoms with Crippen molar-refractivity contribution in [1.29, 1.82) is 0 Å². The van der Waals surface area contributed by atoms with E-state index in [1.807, 2.05) is 13.8 Å². The highest BCUT2D eigenvalue weighted by Gasteiger charge is 2.37. The van der Waals surface area contributed by atoms with Gasteiger partial charge in [-0.3, -0.25) is 14.4 Å². The van der Waals surface area contributed by atoms with Gasteiger partial charge in [0.25, 0.3) is 0 Å². The molecule has 0 aliphatic carbocycles. The average Bonchev–Trinajstić information content (AvgIpc) is 3.11. The summed E-state index contributed by atoms with van der Waals surface area (Å²) < 4.78 is 0. The number of amides is 3. The van der Waals surface area contributed by atoms with Crippen LogP contribution in [0.25, 0.3) is 0 Å². The fraction of sp³-hybridized carbons (Fsp3) is 0.765. The second-order valence-corrected chi connectivity index (χ2v) is 7.98. The van der Waals surface area contributed by atoms with E-state index in [0.29, 0.717) is 25.8 Å². The Balaban J connectivity index is 2.76. The molecule has 1 rings (SSSR count). The van der Waals surface area contributed by atoms with Gasteiger partial charge in [-0.1, -0.05) is 13.8 Å². The smallest absolute Gasteiger partial charge is 0.327 e. The molecule has 4 atom stereocenters. The summed E-state index contributed by atoms with van der Waals surface area (Å²) in [6.45, 7) is 4.36. The number of nitrogens with zero attached hydrogens (tertiary/aromatic N) is 1. The van der Waals surface area contributed by atoms with Crippen LogP contribution in [0.15, 0.2) is 0 Å². The molecule has 9 nitrogen and oxygen atoms in total. The quantitative estimate of drug-likeness (QED) is 0.250. The lowest BCUT2D eigenvalue weighted by molar-refractivity contribution is -0.142. The minimum absolute atomic E-state index is 0.0238. The van der Waals surface area contributed by atoms with Crippen LogP contribution < -0.4 is 16.4 Å². The maximum absolute atomic E-state index is 12.7. The van der Waals surface area contributed by atoms with Crippen LogP contribution in [0.1, 0.15) is 33.1 Å². The summed E-state index contributed by atoms with van der Waals surface area (Å²) in [4.78, 5) is 50.0. The highest BCUT2D eigenvalue weighted by atomic mass is 32.1. The van der Waals surface area contributed by atoms with Crippen LogP contribution in [0, 0.1) is 5.92 Å². The number of likely N-dealkylation sites (tertiary alicyclic amines) is 1. The third-order valence-electron chi connectivity index (χ3n) is 4.49. The van der Waals surface area contributed by atoms with Gasteiger partial charge in [0, 0.05) is 18.1 Å². The Morgan fingerprint density at radius 1 is 1.14 bits per heavy atom. The molecule has 5 N–H and O–H groups in total. The van der Waals surface area contributed by atoms with E-state index in [4.69, 9.17) is 10.8 Å². The van der Waals surface area contributed by atoms with Gasteiger partial charge in [-0.2, -0.15) is 25.3 Å². The molecule has 1 aliphatic heterocycles. The Labute approximate surface area is 176 Å². The third-order valence-corrected chi connectivity index (χ3v) is 5.22. The van der Waals surface area contributed by atoms with Gasteiger partial charge >= 0.3 is 5.97 Å². The second kappa shape index (κ2) is 11.5. The largest absolute Gasteiger partial charge is 0.480 e. The van der Waals surface area contributed by atoms with Gasteiger partial charge in [0.2, 0.25) is 17.7 Å². The van der Waals surface area contributed by atoms with E-state index in [-0.39, 0.29) is 23.3 Å². The lowest BCUT2D eigenvalue weighted by atomic mass is 10.0. The molecule has 1 fully saturated rings. The van der Waals surface area contributed by atoms with Crippen molar-refractivity contribution in [3.05, 3.63) is 0 Å². The average molecular weight is 435 g/mol. The molecule has 1 saturated heterocycles. The summed E-state index contributed by atoms with van der Waals surface area (Å²) in [6, 6.07) is -3.58. The van der Waals surface area contributed by atoms with Crippen LogP contribution in [0.4, 0.5) is 0 Å². The topological polar surface area (TPSA) is 142 Å². The molecule has 0 aromatic rings. The number of hydrogen-bond donors (Lipinski definition) is 6. The fourth-order valence-electron chi connectivity index (χ4n) is 3.04. The molecule has 0 spiro atoms. The van der Waals surface area contributed by atoms with Crippen molar-refractivity contribution in [2.75, 3.05) is 18.1 Å². The molecule has 0 bridgehead atoms. The predicted octanol–water partition coefficient (Wildman–Crippen LogP) is -0.735. The van der Waals surface area contributed by atoms with Gasteiger partial charge < -0.3 is 26.4 Å². The molecule has 11 heteroatoms. The summed E-state index contributed by atoms with van der Waals surface area (Å²) in [5.41, 5.74) is 5.97. The Kier molecular flexibility index (Phi) is 10.1. The van der Waals surface area contributed by atoms with E-state index in [1.54, 1.807) is 0 Å². The highest BCUT2D eigenvalue weighted by Crippen LogP contribution is 2.20. The van der Waals surface area contributed by atoms with Crippen LogP contribution >= 0.6 is 25.3 Å². The van der Waals surface area contributed by atoms with Crippen molar-refractivity contribution in [2.45, 2.75) is 57.3 Å². The van der Waals surface area contributed by atoms with Gasteiger partial charge in [-0.15, -0.1) is 0 Å². The Bertz CT molecular complexity index is 590. The first kappa shape index (κ1) is 24.6. The molecule has 3 amide bonds. The first-order valence-corrected chi connectivity index (χ1v) is 10.5. The normalized spacial score (nSPS) is 19.8. The maximum Gasteiger partial charge on any atom is 0.327 e. The molecule has 0 aromatic carbocycles. The van der Waals surface area contributed by atoms with Crippen molar-refractivity contribution in [2.24, 2.45) is 11.7 Å². The first-order chi connectivity index (χ1) is 13.1. The first-order valence-electron chi connectivity index (χ1n) is 9.23. The van der Waals surface area contributed by atoms with Crippen LogP contribution in [-0.4, -0.2) is 75.9 Å². The standard InChI is InChI=1S/C17H30N4O5S2/c1-9(2)6-10(18)16(24)21-5-3-4-13(21)15(23)19-11(7-27)14(22)20-12(8-28)17(25)26/h9-13,27-28H,3-8,18H2,1-2H3,(H,19,23)(H,20,22)(H,25,26). The number of carboxylic acid groups (broad SMARTS) is 1. The lowest BCUT2D eigenvalue weighted by Crippen LogP contribution is -2.57. The summed E-state index contributed by atoms with van der Waals surface area (Å²) in [5, 5.41) is 13.9. The van der Waals surface area contributed by atoms with Gasteiger partial charge in [-0.25, -0.2) is 4.79 Å². The van der Waals surface area contributed by atoms with E-state index < -0.39 is 42.0 Å². The van der Waals surface area contributed by atoms with E-state index in [9.17, 15) is 19.2 Å². The second-order valence-electron chi connectivity index (χ2n) is 7.25. The van der Waals surface area contributed by atoms with Gasteiger partial charge in [0.15, 0.2) is 0 Å². The summed E-state index contributed by atoms with van der Waals surface area (Å²) in [6.07, 6.45) is 1.66. The van der Waals surface area contributed by atoms with Gasteiger partial charge in [0.1, 0.15) is 18.1 Å². The minimum Gasteiger partial charge on any atom is -0.480 e. The number of aliphatic carboxylic acids is 1. The third kappa shape index (κ3) is 6.85. The Hall–Kier alpha value is -1.46. The van der Waals surface area contributed by atoms with Crippen LogP contribution in [0.5, 0.6) is 0 Å². The molecule has 0 aromatic heterocycles. The molecule has 0 radical (unpaired) electrons. The zero-order valence-corrected chi connectivity index (χ0v) is 17.9. The number of carbonyl (C=O) groups is 4. The molecular weight excluding hydrogens is 404 g/mol. The zero-order valence-electron chi connectivity index (χ0n) is 16.1. The molecule has 0 saturated carbocycles. The van der Waals surface area contributed by atoms with Gasteiger partial charge in [-0.05, 0) is 25.2 Å². The van der Waals surface area contributed by atoms with E-state index in [1.165, 1.54) is 4.90 Å². The summed E-state index contributed by atoms with van der Waals surface area (Å²) >= 11 is 7.95. The molecule has 28 heavy (non-hydrogen) atoms. The maximum atomic E-state index is 12.7. The van der Waals surface area contributed by atoms with Crippen LogP contribution in [0.3, 0.4) is 0 Å². The monoisotopic (exact) mass is 434 g/mol. The number of nitrogens with two attached hydrogens (primary N) is 1. The van der Waals surface area contributed by atoms with Crippen LogP contribution in [0.2, 0.25) is 0 Å². The fourth-order valence-corrected chi connectivity index (χ4v) is 3.55. The van der Waals surface area contributed by atoms with Crippen molar-refractivity contribution >= 4 is 48.9 Å². The zero-order chi connectivity index (χ0) is 21.4. The minimum atomic E-state index is -1.22. The Morgan fingerprint density at radius 3 is 2.25 bits per heavy atom. The van der Waals surface area contributed by atoms with Crippen molar-refractivity contribution in [3.8, 4) is 0 Å². The number of carboxylic acids is 1. The summed E-state index contributed by atoms with van der Waals surface area (Å²) in [7, 11) is 0. The van der Waals surface area contributed by atoms with Gasteiger partial charge in [0.05, 0.1) is 6.04 Å². The molecule has 1 aliphatic rings. The lowest BCUT2D eigenvalue weighted by Gasteiger charge is -2.28. The predicted molar refractivity (Wildman–Crippen MR) is 111 cm³/mol. The van der Waals surface area contributed by atoms with E-state index in [0.717, 1.165) is 0 Å². The van der Waals surface area contributed by atoms with E-state index >= 15 is 0 Å². The molecule has 160 valence electrons. The number of nitrogens with one attached hydrogen (secondary N) is 2. The van der Waals surface area contributed by atoms with Crippen LogP contribution in [-0.2, 0) is 19.2 Å². The number of thiol groups is 2. The summed E-state index contributed by atoms with van der Waals surface area (Å²) in [5.74, 6) is -2.51. The van der Waals surface area contributed by atoms with Crippen molar-refractivity contribution < 1.29 is 24.3 Å².